The summed E-state index contributed by atoms with van der Waals surface area (Å²) in [6.07, 6.45) is 0.666. The van der Waals surface area contributed by atoms with Gasteiger partial charge in [-0.15, -0.1) is 0 Å². The van der Waals surface area contributed by atoms with E-state index in [1.807, 2.05) is 19.2 Å². The first kappa shape index (κ1) is 19.5. The van der Waals surface area contributed by atoms with E-state index < -0.39 is 6.04 Å². The summed E-state index contributed by atoms with van der Waals surface area (Å²) in [7, 11) is 1.95. The van der Waals surface area contributed by atoms with Crippen LogP contribution in [0.3, 0.4) is 0 Å². The highest BCUT2D eigenvalue weighted by Crippen LogP contribution is 2.28. The van der Waals surface area contributed by atoms with E-state index in [1.54, 1.807) is 4.90 Å². The van der Waals surface area contributed by atoms with Gasteiger partial charge in [0.1, 0.15) is 6.04 Å². The topological polar surface area (TPSA) is 81.8 Å². The van der Waals surface area contributed by atoms with Crippen LogP contribution in [0.1, 0.15) is 48.2 Å². The summed E-state index contributed by atoms with van der Waals surface area (Å²) >= 11 is 0. The Bertz CT molecular complexity index is 747. The fourth-order valence-electron chi connectivity index (χ4n) is 3.74. The zero-order valence-electron chi connectivity index (χ0n) is 16.2. The molecule has 1 aromatic carbocycles. The highest BCUT2D eigenvalue weighted by atomic mass is 16.2. The van der Waals surface area contributed by atoms with Crippen molar-refractivity contribution in [2.75, 3.05) is 20.1 Å². The summed E-state index contributed by atoms with van der Waals surface area (Å²) in [6.45, 7) is 7.47. The third-order valence-electron chi connectivity index (χ3n) is 5.35. The summed E-state index contributed by atoms with van der Waals surface area (Å²) in [6, 6.07) is 5.81. The summed E-state index contributed by atoms with van der Waals surface area (Å²) in [4.78, 5) is 40.2. The number of nitrogens with one attached hydrogen (secondary N) is 2. The second-order valence-corrected chi connectivity index (χ2v) is 7.56. The number of amides is 3. The van der Waals surface area contributed by atoms with Crippen LogP contribution in [-0.2, 0) is 22.7 Å². The van der Waals surface area contributed by atoms with E-state index in [2.05, 4.69) is 35.4 Å². The molecule has 27 heavy (non-hydrogen) atoms. The highest BCUT2D eigenvalue weighted by Gasteiger charge is 2.39. The van der Waals surface area contributed by atoms with E-state index in [1.165, 1.54) is 0 Å². The van der Waals surface area contributed by atoms with Crippen LogP contribution in [0.2, 0.25) is 0 Å². The Morgan fingerprint density at radius 3 is 2.74 bits per heavy atom. The number of nitrogens with zero attached hydrogens (tertiary/aromatic N) is 2. The summed E-state index contributed by atoms with van der Waals surface area (Å²) in [5.41, 5.74) is 2.78. The van der Waals surface area contributed by atoms with Gasteiger partial charge in [0.2, 0.25) is 11.8 Å². The normalized spacial score (nSPS) is 19.8. The average molecular weight is 372 g/mol. The number of imide groups is 1. The van der Waals surface area contributed by atoms with Crippen molar-refractivity contribution in [3.8, 4) is 0 Å². The SMILES string of the molecule is CNCCN(Cc1ccc2c(c1)CN(C1CCC(=O)NC1=O)C2=O)C(C)C. The molecule has 146 valence electrons. The number of likely N-dealkylation sites (N-methyl/N-ethyl adjacent to an activating group) is 1. The number of carbonyl (C=O) groups excluding carboxylic acids is 3. The van der Waals surface area contributed by atoms with Crippen molar-refractivity contribution >= 4 is 17.7 Å². The first-order chi connectivity index (χ1) is 12.9. The molecule has 0 bridgehead atoms. The van der Waals surface area contributed by atoms with E-state index in [9.17, 15) is 14.4 Å². The summed E-state index contributed by atoms with van der Waals surface area (Å²) in [5.74, 6) is -0.759. The van der Waals surface area contributed by atoms with E-state index in [-0.39, 0.29) is 24.1 Å². The lowest BCUT2D eigenvalue weighted by Crippen LogP contribution is -2.52. The van der Waals surface area contributed by atoms with Crippen molar-refractivity contribution < 1.29 is 14.4 Å². The minimum absolute atomic E-state index is 0.123. The van der Waals surface area contributed by atoms with Gasteiger partial charge in [-0.1, -0.05) is 12.1 Å². The Kier molecular flexibility index (Phi) is 5.92. The van der Waals surface area contributed by atoms with Crippen LogP contribution >= 0.6 is 0 Å². The van der Waals surface area contributed by atoms with Gasteiger partial charge >= 0.3 is 0 Å². The van der Waals surface area contributed by atoms with Gasteiger partial charge in [0.05, 0.1) is 0 Å². The highest BCUT2D eigenvalue weighted by molar-refractivity contribution is 6.05. The van der Waals surface area contributed by atoms with Gasteiger partial charge in [-0.25, -0.2) is 0 Å². The monoisotopic (exact) mass is 372 g/mol. The quantitative estimate of drug-likeness (QED) is 0.695. The van der Waals surface area contributed by atoms with Crippen LogP contribution in [0, 0.1) is 0 Å². The summed E-state index contributed by atoms with van der Waals surface area (Å²) < 4.78 is 0. The molecule has 0 radical (unpaired) electrons. The van der Waals surface area contributed by atoms with E-state index in [0.717, 1.165) is 30.8 Å². The number of hydrogen-bond acceptors (Lipinski definition) is 5. The van der Waals surface area contributed by atoms with Gasteiger partial charge in [0, 0.05) is 44.2 Å². The molecule has 7 heteroatoms. The van der Waals surface area contributed by atoms with Crippen LogP contribution < -0.4 is 10.6 Å². The van der Waals surface area contributed by atoms with Crippen molar-refractivity contribution in [3.63, 3.8) is 0 Å². The lowest BCUT2D eigenvalue weighted by Gasteiger charge is -2.29. The lowest BCUT2D eigenvalue weighted by atomic mass is 10.0. The minimum Gasteiger partial charge on any atom is -0.322 e. The fourth-order valence-corrected chi connectivity index (χ4v) is 3.74. The number of piperidine rings is 1. The molecule has 2 aliphatic rings. The molecule has 3 rings (SSSR count). The molecule has 1 aromatic rings. The molecule has 0 aliphatic carbocycles. The predicted octanol–water partition coefficient (Wildman–Crippen LogP) is 0.877. The maximum Gasteiger partial charge on any atom is 0.255 e. The first-order valence-electron chi connectivity index (χ1n) is 9.55. The van der Waals surface area contributed by atoms with Crippen molar-refractivity contribution in [2.45, 2.75) is 51.9 Å². The van der Waals surface area contributed by atoms with E-state index in [4.69, 9.17) is 0 Å². The molecular weight excluding hydrogens is 344 g/mol. The Morgan fingerprint density at radius 1 is 1.30 bits per heavy atom. The van der Waals surface area contributed by atoms with Crippen molar-refractivity contribution in [3.05, 3.63) is 34.9 Å². The largest absolute Gasteiger partial charge is 0.322 e. The van der Waals surface area contributed by atoms with Gasteiger partial charge in [-0.05, 0) is 44.5 Å². The number of hydrogen-bond donors (Lipinski definition) is 2. The maximum atomic E-state index is 12.7. The molecule has 0 spiro atoms. The van der Waals surface area contributed by atoms with E-state index in [0.29, 0.717) is 24.6 Å². The third-order valence-corrected chi connectivity index (χ3v) is 5.35. The molecule has 1 atom stereocenters. The molecule has 3 amide bonds. The number of carbonyl (C=O) groups is 3. The summed E-state index contributed by atoms with van der Waals surface area (Å²) in [5, 5.41) is 5.52. The van der Waals surface area contributed by atoms with Gasteiger partial charge in [-0.3, -0.25) is 24.6 Å². The molecule has 1 saturated heterocycles. The molecule has 2 heterocycles. The van der Waals surface area contributed by atoms with Gasteiger partial charge in [0.15, 0.2) is 0 Å². The van der Waals surface area contributed by atoms with Gasteiger partial charge in [0.25, 0.3) is 5.91 Å². The third kappa shape index (κ3) is 4.20. The van der Waals surface area contributed by atoms with Crippen LogP contribution in [0.25, 0.3) is 0 Å². The smallest absolute Gasteiger partial charge is 0.255 e. The van der Waals surface area contributed by atoms with E-state index >= 15 is 0 Å². The predicted molar refractivity (Wildman–Crippen MR) is 102 cm³/mol. The van der Waals surface area contributed by atoms with Crippen LogP contribution in [-0.4, -0.2) is 59.7 Å². The zero-order valence-corrected chi connectivity index (χ0v) is 16.2. The molecule has 2 aliphatic heterocycles. The lowest BCUT2D eigenvalue weighted by molar-refractivity contribution is -0.136. The van der Waals surface area contributed by atoms with Crippen molar-refractivity contribution in [2.24, 2.45) is 0 Å². The Hall–Kier alpha value is -2.25. The molecule has 1 unspecified atom stereocenters. The average Bonchev–Trinajstić information content (AvgIpc) is 2.94. The Labute approximate surface area is 160 Å². The molecule has 1 fully saturated rings. The van der Waals surface area contributed by atoms with Crippen LogP contribution in [0.4, 0.5) is 0 Å². The first-order valence-corrected chi connectivity index (χ1v) is 9.55. The molecule has 2 N–H and O–H groups in total. The molecule has 7 nitrogen and oxygen atoms in total. The van der Waals surface area contributed by atoms with Gasteiger partial charge in [-0.2, -0.15) is 0 Å². The van der Waals surface area contributed by atoms with Gasteiger partial charge < -0.3 is 10.2 Å². The second kappa shape index (κ2) is 8.19. The maximum absolute atomic E-state index is 12.7. The zero-order chi connectivity index (χ0) is 19.6. The molecule has 0 saturated carbocycles. The Morgan fingerprint density at radius 2 is 2.07 bits per heavy atom. The second-order valence-electron chi connectivity index (χ2n) is 7.56. The number of benzene rings is 1. The van der Waals surface area contributed by atoms with Crippen molar-refractivity contribution in [1.29, 1.82) is 0 Å². The molecular formula is C20H28N4O3. The number of fused-ring (bicyclic) bond motifs is 1. The van der Waals surface area contributed by atoms with Crippen LogP contribution in [0.5, 0.6) is 0 Å². The van der Waals surface area contributed by atoms with Crippen LogP contribution in [0.15, 0.2) is 18.2 Å². The number of rotatable bonds is 7. The molecule has 0 aromatic heterocycles. The standard InChI is InChI=1S/C20H28N4O3/c1-13(2)23(9-8-21-3)11-14-4-5-16-15(10-14)12-24(20(16)27)17-6-7-18(25)22-19(17)26/h4-5,10,13,17,21H,6-9,11-12H2,1-3H3,(H,22,25,26). The minimum atomic E-state index is -0.561. The Balaban J connectivity index is 1.73. The fraction of sp³-hybridized carbons (Fsp3) is 0.550. The van der Waals surface area contributed by atoms with Crippen molar-refractivity contribution in [1.82, 2.24) is 20.4 Å².